The maximum atomic E-state index is 13.1. The fraction of sp³-hybridized carbons (Fsp3) is 0.538. The van der Waals surface area contributed by atoms with E-state index in [2.05, 4.69) is 33.1 Å². The summed E-state index contributed by atoms with van der Waals surface area (Å²) in [4.78, 5) is 30.3. The summed E-state index contributed by atoms with van der Waals surface area (Å²) in [6.45, 7) is 9.67. The first kappa shape index (κ1) is 23.5. The molecule has 33 heavy (non-hydrogen) atoms. The smallest absolute Gasteiger partial charge is 0.326 e. The van der Waals surface area contributed by atoms with Crippen molar-refractivity contribution in [1.82, 2.24) is 25.0 Å². The van der Waals surface area contributed by atoms with E-state index in [9.17, 15) is 9.59 Å². The van der Waals surface area contributed by atoms with E-state index >= 15 is 0 Å². The molecule has 1 aromatic heterocycles. The lowest BCUT2D eigenvalue weighted by atomic mass is 9.72. The molecule has 1 aromatic carbocycles. The SMILES string of the molecule is C=CCN1CC(C(=O)NCCCN(C)C)CC2c3cccc4c3c(cn4C(=O)NCC)CC21. The zero-order valence-corrected chi connectivity index (χ0v) is 20.1. The van der Waals surface area contributed by atoms with Crippen LogP contribution in [0.4, 0.5) is 4.79 Å². The molecule has 3 atom stereocenters. The third-order valence-electron chi connectivity index (χ3n) is 7.06. The Bertz CT molecular complexity index is 1030. The predicted octanol–water partition coefficient (Wildman–Crippen LogP) is 2.80. The molecule has 0 spiro atoms. The van der Waals surface area contributed by atoms with E-state index in [-0.39, 0.29) is 23.8 Å². The first-order chi connectivity index (χ1) is 15.9. The molecule has 2 aliphatic rings. The van der Waals surface area contributed by atoms with Gasteiger partial charge >= 0.3 is 6.03 Å². The molecular weight excluding hydrogens is 414 g/mol. The highest BCUT2D eigenvalue weighted by Crippen LogP contribution is 2.45. The Balaban J connectivity index is 1.61. The Labute approximate surface area is 196 Å². The van der Waals surface area contributed by atoms with Crippen LogP contribution in [0.2, 0.25) is 0 Å². The number of nitrogens with zero attached hydrogens (tertiary/aromatic N) is 3. The molecule has 7 heteroatoms. The lowest BCUT2D eigenvalue weighted by Gasteiger charge is -2.46. The maximum absolute atomic E-state index is 13.1. The Hall–Kier alpha value is -2.64. The van der Waals surface area contributed by atoms with Gasteiger partial charge in [0.1, 0.15) is 0 Å². The number of piperidine rings is 1. The number of rotatable bonds is 8. The van der Waals surface area contributed by atoms with Crippen molar-refractivity contribution >= 4 is 22.8 Å². The van der Waals surface area contributed by atoms with Gasteiger partial charge in [0.15, 0.2) is 0 Å². The molecule has 0 saturated carbocycles. The summed E-state index contributed by atoms with van der Waals surface area (Å²) in [5.41, 5.74) is 3.44. The minimum Gasteiger partial charge on any atom is -0.356 e. The van der Waals surface area contributed by atoms with E-state index in [1.54, 1.807) is 4.57 Å². The van der Waals surface area contributed by atoms with Crippen LogP contribution in [0.15, 0.2) is 37.1 Å². The Morgan fingerprint density at radius 2 is 2.09 bits per heavy atom. The molecule has 7 nitrogen and oxygen atoms in total. The van der Waals surface area contributed by atoms with Crippen molar-refractivity contribution in [1.29, 1.82) is 0 Å². The Kier molecular flexibility index (Phi) is 7.20. The van der Waals surface area contributed by atoms with Gasteiger partial charge in [-0.3, -0.25) is 14.3 Å². The summed E-state index contributed by atoms with van der Waals surface area (Å²) in [7, 11) is 4.10. The second-order valence-corrected chi connectivity index (χ2v) is 9.60. The Morgan fingerprint density at radius 1 is 1.27 bits per heavy atom. The van der Waals surface area contributed by atoms with Crippen LogP contribution in [0.5, 0.6) is 0 Å². The van der Waals surface area contributed by atoms with Gasteiger partial charge in [0, 0.05) is 49.7 Å². The summed E-state index contributed by atoms with van der Waals surface area (Å²) in [5, 5.41) is 7.28. The highest BCUT2D eigenvalue weighted by atomic mass is 16.2. The number of aromatic nitrogens is 1. The standard InChI is InChI=1S/C26H37N5O2/c1-5-12-30-16-19(25(32)28-11-8-13-29(3)4)14-21-20-9-7-10-22-24(20)18(15-23(21)30)17-31(22)26(33)27-6-2/h5,7,9-10,17,19,21,23H,1,6,8,11-16H2,2-4H3,(H,27,33)(H,28,32). The van der Waals surface area contributed by atoms with Crippen molar-refractivity contribution in [2.75, 3.05) is 46.8 Å². The molecule has 3 unspecified atom stereocenters. The number of amides is 2. The van der Waals surface area contributed by atoms with Crippen LogP contribution in [0.3, 0.4) is 0 Å². The molecular formula is C26H37N5O2. The number of hydrogen-bond donors (Lipinski definition) is 2. The van der Waals surface area contributed by atoms with Gasteiger partial charge in [0.2, 0.25) is 5.91 Å². The number of benzene rings is 1. The van der Waals surface area contributed by atoms with Gasteiger partial charge in [0.05, 0.1) is 11.4 Å². The number of likely N-dealkylation sites (tertiary alicyclic amines) is 1. The molecule has 2 aromatic rings. The minimum atomic E-state index is -0.0892. The van der Waals surface area contributed by atoms with Crippen LogP contribution in [0.1, 0.15) is 36.8 Å². The molecule has 1 aliphatic carbocycles. The number of nitrogens with one attached hydrogen (secondary N) is 2. The van der Waals surface area contributed by atoms with Crippen LogP contribution in [-0.2, 0) is 11.2 Å². The molecule has 1 aliphatic heterocycles. The lowest BCUT2D eigenvalue weighted by molar-refractivity contribution is -0.127. The topological polar surface area (TPSA) is 69.6 Å². The van der Waals surface area contributed by atoms with E-state index in [1.807, 2.05) is 45.4 Å². The van der Waals surface area contributed by atoms with Gasteiger partial charge in [-0.05, 0) is 64.0 Å². The molecule has 1 fully saturated rings. The van der Waals surface area contributed by atoms with Crippen molar-refractivity contribution in [2.45, 2.75) is 38.1 Å². The van der Waals surface area contributed by atoms with E-state index in [0.29, 0.717) is 19.1 Å². The average molecular weight is 452 g/mol. The fourth-order valence-corrected chi connectivity index (χ4v) is 5.63. The van der Waals surface area contributed by atoms with Gasteiger partial charge in [-0.15, -0.1) is 6.58 Å². The van der Waals surface area contributed by atoms with Crippen LogP contribution < -0.4 is 10.6 Å². The van der Waals surface area contributed by atoms with E-state index in [0.717, 1.165) is 44.4 Å². The van der Waals surface area contributed by atoms with E-state index in [4.69, 9.17) is 0 Å². The highest BCUT2D eigenvalue weighted by molar-refractivity contribution is 5.96. The number of carbonyl (C=O) groups is 2. The van der Waals surface area contributed by atoms with Crippen molar-refractivity contribution in [3.05, 3.63) is 48.2 Å². The van der Waals surface area contributed by atoms with Gasteiger partial charge < -0.3 is 15.5 Å². The molecule has 1 saturated heterocycles. The quantitative estimate of drug-likeness (QED) is 0.478. The van der Waals surface area contributed by atoms with Crippen LogP contribution in [-0.4, -0.2) is 79.2 Å². The first-order valence-electron chi connectivity index (χ1n) is 12.1. The molecule has 2 amide bonds. The monoisotopic (exact) mass is 451 g/mol. The summed E-state index contributed by atoms with van der Waals surface area (Å²) < 4.78 is 1.75. The number of hydrogen-bond acceptors (Lipinski definition) is 4. The second-order valence-electron chi connectivity index (χ2n) is 9.60. The molecule has 178 valence electrons. The number of fused-ring (bicyclic) bond motifs is 2. The predicted molar refractivity (Wildman–Crippen MR) is 133 cm³/mol. The van der Waals surface area contributed by atoms with E-state index < -0.39 is 0 Å². The van der Waals surface area contributed by atoms with Crippen molar-refractivity contribution < 1.29 is 9.59 Å². The normalized spacial score (nSPS) is 22.2. The summed E-state index contributed by atoms with van der Waals surface area (Å²) in [5.74, 6) is 0.365. The van der Waals surface area contributed by atoms with E-state index in [1.165, 1.54) is 16.5 Å². The highest BCUT2D eigenvalue weighted by Gasteiger charge is 2.42. The second kappa shape index (κ2) is 10.1. The molecule has 0 bridgehead atoms. The lowest BCUT2D eigenvalue weighted by Crippen LogP contribution is -2.53. The Morgan fingerprint density at radius 3 is 2.82 bits per heavy atom. The largest absolute Gasteiger partial charge is 0.356 e. The zero-order valence-electron chi connectivity index (χ0n) is 20.1. The minimum absolute atomic E-state index is 0.0483. The van der Waals surface area contributed by atoms with Gasteiger partial charge in [0.25, 0.3) is 0 Å². The zero-order chi connectivity index (χ0) is 23.5. The average Bonchev–Trinajstić information content (AvgIpc) is 3.17. The van der Waals surface area contributed by atoms with Crippen molar-refractivity contribution in [2.24, 2.45) is 5.92 Å². The summed E-state index contributed by atoms with van der Waals surface area (Å²) in [6.07, 6.45) is 6.61. The first-order valence-corrected chi connectivity index (χ1v) is 12.1. The van der Waals surface area contributed by atoms with Crippen molar-refractivity contribution in [3.63, 3.8) is 0 Å². The third kappa shape index (κ3) is 4.70. The summed E-state index contributed by atoms with van der Waals surface area (Å²) >= 11 is 0. The van der Waals surface area contributed by atoms with Gasteiger partial charge in [-0.25, -0.2) is 4.79 Å². The maximum Gasteiger partial charge on any atom is 0.326 e. The van der Waals surface area contributed by atoms with Crippen molar-refractivity contribution in [3.8, 4) is 0 Å². The molecule has 4 rings (SSSR count). The summed E-state index contributed by atoms with van der Waals surface area (Å²) in [6, 6.07) is 6.48. The van der Waals surface area contributed by atoms with Gasteiger partial charge in [-0.1, -0.05) is 18.2 Å². The molecule has 2 heterocycles. The number of carbonyl (C=O) groups excluding carboxylic acids is 2. The van der Waals surface area contributed by atoms with Gasteiger partial charge in [-0.2, -0.15) is 0 Å². The van der Waals surface area contributed by atoms with Crippen LogP contribution in [0.25, 0.3) is 10.9 Å². The molecule has 2 N–H and O–H groups in total. The fourth-order valence-electron chi connectivity index (χ4n) is 5.63. The molecule has 0 radical (unpaired) electrons. The third-order valence-corrected chi connectivity index (χ3v) is 7.06. The van der Waals surface area contributed by atoms with Crippen LogP contribution in [0, 0.1) is 5.92 Å². The van der Waals surface area contributed by atoms with Crippen LogP contribution >= 0.6 is 0 Å².